The summed E-state index contributed by atoms with van der Waals surface area (Å²) in [5.41, 5.74) is 0. The van der Waals surface area contributed by atoms with Crippen molar-refractivity contribution in [1.29, 1.82) is 0 Å². The van der Waals surface area contributed by atoms with E-state index in [1.54, 1.807) is 0 Å². The van der Waals surface area contributed by atoms with Crippen molar-refractivity contribution in [3.63, 3.8) is 0 Å². The van der Waals surface area contributed by atoms with E-state index in [1.807, 2.05) is 13.0 Å². The molecular formula is C17H30N4. The lowest BCUT2D eigenvalue weighted by atomic mass is 9.81. The molecule has 4 heteroatoms. The molecule has 2 unspecified atom stereocenters. The molecular weight excluding hydrogens is 260 g/mol. The van der Waals surface area contributed by atoms with E-state index in [-0.39, 0.29) is 0 Å². The maximum atomic E-state index is 4.48. The second-order valence-electron chi connectivity index (χ2n) is 6.47. The van der Waals surface area contributed by atoms with Gasteiger partial charge in [-0.1, -0.05) is 33.1 Å². The lowest BCUT2D eigenvalue weighted by Gasteiger charge is -2.26. The molecule has 0 bridgehead atoms. The number of nitrogens with zero attached hydrogens (tertiary/aromatic N) is 2. The zero-order valence-electron chi connectivity index (χ0n) is 13.8. The fourth-order valence-electron chi connectivity index (χ4n) is 3.23. The van der Waals surface area contributed by atoms with Crippen molar-refractivity contribution in [2.45, 2.75) is 59.3 Å². The molecule has 1 aromatic heterocycles. The van der Waals surface area contributed by atoms with E-state index >= 15 is 0 Å². The van der Waals surface area contributed by atoms with Gasteiger partial charge in [0.2, 0.25) is 0 Å². The van der Waals surface area contributed by atoms with Crippen molar-refractivity contribution in [1.82, 2.24) is 9.97 Å². The minimum atomic E-state index is 0.824. The summed E-state index contributed by atoms with van der Waals surface area (Å²) < 4.78 is 0. The second-order valence-corrected chi connectivity index (χ2v) is 6.47. The van der Waals surface area contributed by atoms with Crippen molar-refractivity contribution in [2.75, 3.05) is 23.7 Å². The van der Waals surface area contributed by atoms with Gasteiger partial charge in [-0.25, -0.2) is 9.97 Å². The molecule has 1 aromatic rings. The van der Waals surface area contributed by atoms with Gasteiger partial charge < -0.3 is 10.6 Å². The van der Waals surface area contributed by atoms with Crippen molar-refractivity contribution >= 4 is 11.6 Å². The summed E-state index contributed by atoms with van der Waals surface area (Å²) in [6, 6.07) is 2.02. The van der Waals surface area contributed by atoms with E-state index in [4.69, 9.17) is 0 Å². The first-order valence-corrected chi connectivity index (χ1v) is 8.50. The Labute approximate surface area is 129 Å². The lowest BCUT2D eigenvalue weighted by Crippen LogP contribution is -2.17. The summed E-state index contributed by atoms with van der Waals surface area (Å²) in [6.07, 6.45) is 7.98. The second kappa shape index (κ2) is 8.20. The van der Waals surface area contributed by atoms with Crippen LogP contribution in [0.1, 0.15) is 58.2 Å². The van der Waals surface area contributed by atoms with Crippen LogP contribution in [0.3, 0.4) is 0 Å². The molecule has 2 rings (SSSR count). The van der Waals surface area contributed by atoms with Crippen LogP contribution in [0.25, 0.3) is 0 Å². The molecule has 0 amide bonds. The van der Waals surface area contributed by atoms with Crippen molar-refractivity contribution in [3.05, 3.63) is 11.9 Å². The average molecular weight is 290 g/mol. The van der Waals surface area contributed by atoms with E-state index in [9.17, 15) is 0 Å². The first-order valence-electron chi connectivity index (χ1n) is 8.50. The third kappa shape index (κ3) is 5.52. The van der Waals surface area contributed by atoms with Crippen LogP contribution in [0.15, 0.2) is 6.07 Å². The van der Waals surface area contributed by atoms with E-state index in [1.165, 1.54) is 32.1 Å². The van der Waals surface area contributed by atoms with Crippen LogP contribution in [0, 0.1) is 18.8 Å². The largest absolute Gasteiger partial charge is 0.370 e. The predicted molar refractivity (Wildman–Crippen MR) is 89.8 cm³/mol. The first-order chi connectivity index (χ1) is 10.2. The lowest BCUT2D eigenvalue weighted by molar-refractivity contribution is 0.274. The Morgan fingerprint density at radius 3 is 2.52 bits per heavy atom. The molecule has 21 heavy (non-hydrogen) atoms. The molecule has 0 saturated heterocycles. The number of aryl methyl sites for hydroxylation is 1. The quantitative estimate of drug-likeness (QED) is 0.789. The minimum absolute atomic E-state index is 0.824. The van der Waals surface area contributed by atoms with E-state index in [2.05, 4.69) is 34.4 Å². The van der Waals surface area contributed by atoms with Crippen molar-refractivity contribution in [3.8, 4) is 0 Å². The van der Waals surface area contributed by atoms with Crippen molar-refractivity contribution < 1.29 is 0 Å². The van der Waals surface area contributed by atoms with Crippen LogP contribution in [-0.4, -0.2) is 23.1 Å². The van der Waals surface area contributed by atoms with Gasteiger partial charge in [0.05, 0.1) is 0 Å². The van der Waals surface area contributed by atoms with Gasteiger partial charge in [0.15, 0.2) is 0 Å². The number of anilines is 2. The molecule has 0 aliphatic heterocycles. The van der Waals surface area contributed by atoms with Gasteiger partial charge in [0.1, 0.15) is 17.5 Å². The fourth-order valence-corrected chi connectivity index (χ4v) is 3.23. The minimum Gasteiger partial charge on any atom is -0.370 e. The van der Waals surface area contributed by atoms with Gasteiger partial charge in [-0.05, 0) is 38.0 Å². The van der Waals surface area contributed by atoms with Gasteiger partial charge in [-0.2, -0.15) is 0 Å². The molecule has 2 atom stereocenters. The summed E-state index contributed by atoms with van der Waals surface area (Å²) in [4.78, 5) is 8.89. The average Bonchev–Trinajstić information content (AvgIpc) is 2.45. The highest BCUT2D eigenvalue weighted by Gasteiger charge is 2.18. The van der Waals surface area contributed by atoms with Gasteiger partial charge in [-0.15, -0.1) is 0 Å². The Bertz CT molecular complexity index is 433. The molecule has 0 aromatic carbocycles. The number of hydrogen-bond donors (Lipinski definition) is 2. The Kier molecular flexibility index (Phi) is 6.27. The van der Waals surface area contributed by atoms with E-state index in [0.717, 1.165) is 48.8 Å². The van der Waals surface area contributed by atoms with Crippen molar-refractivity contribution in [2.24, 2.45) is 11.8 Å². The number of hydrogen-bond acceptors (Lipinski definition) is 4. The van der Waals surface area contributed by atoms with E-state index < -0.39 is 0 Å². The van der Waals surface area contributed by atoms with Crippen LogP contribution in [-0.2, 0) is 0 Å². The zero-order chi connectivity index (χ0) is 15.1. The van der Waals surface area contributed by atoms with Crippen LogP contribution in [0.5, 0.6) is 0 Å². The topological polar surface area (TPSA) is 49.8 Å². The van der Waals surface area contributed by atoms with Crippen LogP contribution < -0.4 is 10.6 Å². The van der Waals surface area contributed by atoms with Gasteiger partial charge in [-0.3, -0.25) is 0 Å². The normalized spacial score (nSPS) is 22.0. The number of nitrogens with one attached hydrogen (secondary N) is 2. The Morgan fingerprint density at radius 2 is 1.86 bits per heavy atom. The highest BCUT2D eigenvalue weighted by Crippen LogP contribution is 2.30. The smallest absolute Gasteiger partial charge is 0.131 e. The predicted octanol–water partition coefficient (Wildman–Crippen LogP) is 4.24. The van der Waals surface area contributed by atoms with Crippen LogP contribution in [0.4, 0.5) is 11.6 Å². The Hall–Kier alpha value is -1.32. The molecule has 1 saturated carbocycles. The zero-order valence-corrected chi connectivity index (χ0v) is 13.8. The molecule has 0 radical (unpaired) electrons. The molecule has 4 nitrogen and oxygen atoms in total. The molecule has 2 N–H and O–H groups in total. The van der Waals surface area contributed by atoms with Gasteiger partial charge in [0.25, 0.3) is 0 Å². The summed E-state index contributed by atoms with van der Waals surface area (Å²) in [5, 5.41) is 6.80. The highest BCUT2D eigenvalue weighted by molar-refractivity contribution is 5.47. The summed E-state index contributed by atoms with van der Waals surface area (Å²) in [7, 11) is 0. The monoisotopic (exact) mass is 290 g/mol. The maximum absolute atomic E-state index is 4.48. The molecule has 1 heterocycles. The Morgan fingerprint density at radius 1 is 1.14 bits per heavy atom. The van der Waals surface area contributed by atoms with Crippen LogP contribution >= 0.6 is 0 Å². The molecule has 1 fully saturated rings. The fraction of sp³-hybridized carbons (Fsp3) is 0.765. The third-order valence-corrected chi connectivity index (χ3v) is 4.30. The molecule has 0 spiro atoms. The standard InChI is InChI=1S/C17H30N4/c1-4-9-18-16-12-17(21-14(3)20-16)19-10-8-15-7-5-6-13(2)11-15/h12-13,15H,4-11H2,1-3H3,(H2,18,19,20,21). The van der Waals surface area contributed by atoms with E-state index in [0.29, 0.717) is 0 Å². The maximum Gasteiger partial charge on any atom is 0.131 e. The summed E-state index contributed by atoms with van der Waals surface area (Å²) >= 11 is 0. The summed E-state index contributed by atoms with van der Waals surface area (Å²) in [5.74, 6) is 4.50. The molecule has 1 aliphatic rings. The van der Waals surface area contributed by atoms with Gasteiger partial charge in [0, 0.05) is 19.2 Å². The van der Waals surface area contributed by atoms with Crippen LogP contribution in [0.2, 0.25) is 0 Å². The molecule has 118 valence electrons. The number of aromatic nitrogens is 2. The SMILES string of the molecule is CCCNc1cc(NCCC2CCCC(C)C2)nc(C)n1. The first kappa shape index (κ1) is 16.1. The number of rotatable bonds is 7. The van der Waals surface area contributed by atoms with Gasteiger partial charge >= 0.3 is 0 Å². The summed E-state index contributed by atoms with van der Waals surface area (Å²) in [6.45, 7) is 8.46. The third-order valence-electron chi connectivity index (χ3n) is 4.30. The Balaban J connectivity index is 1.80. The molecule has 1 aliphatic carbocycles. The highest BCUT2D eigenvalue weighted by atomic mass is 15.1.